The zero-order chi connectivity index (χ0) is 13.4. The van der Waals surface area contributed by atoms with Crippen LogP contribution in [0.5, 0.6) is 0 Å². The van der Waals surface area contributed by atoms with E-state index in [1.165, 1.54) is 6.07 Å². The van der Waals surface area contributed by atoms with Crippen LogP contribution in [0.2, 0.25) is 0 Å². The molecule has 0 spiro atoms. The minimum absolute atomic E-state index is 0.330. The van der Waals surface area contributed by atoms with Gasteiger partial charge in [0.2, 0.25) is 0 Å². The minimum Gasteiger partial charge on any atom is -0.383 e. The van der Waals surface area contributed by atoms with Crippen LogP contribution in [0.4, 0.5) is 4.39 Å². The molecule has 96 valence electrons. The summed E-state index contributed by atoms with van der Waals surface area (Å²) in [6.07, 6.45) is 0.748. The van der Waals surface area contributed by atoms with Gasteiger partial charge in [-0.05, 0) is 38.0 Å². The molecule has 1 aromatic heterocycles. The molecule has 1 heterocycles. The van der Waals surface area contributed by atoms with Crippen molar-refractivity contribution in [3.05, 3.63) is 52.1 Å². The van der Waals surface area contributed by atoms with E-state index >= 15 is 0 Å². The van der Waals surface area contributed by atoms with Crippen LogP contribution in [-0.2, 0) is 7.05 Å². The van der Waals surface area contributed by atoms with Crippen molar-refractivity contribution in [1.82, 2.24) is 9.78 Å². The lowest BCUT2D eigenvalue weighted by atomic mass is 9.96. The van der Waals surface area contributed by atoms with Gasteiger partial charge >= 0.3 is 0 Å². The van der Waals surface area contributed by atoms with Crippen LogP contribution in [0, 0.1) is 26.6 Å². The zero-order valence-electron chi connectivity index (χ0n) is 11.0. The highest BCUT2D eigenvalue weighted by Gasteiger charge is 2.21. The summed E-state index contributed by atoms with van der Waals surface area (Å²) in [7, 11) is 1.78. The smallest absolute Gasteiger partial charge is 0.129 e. The lowest BCUT2D eigenvalue weighted by Gasteiger charge is -2.15. The predicted octanol–water partition coefficient (Wildman–Crippen LogP) is 2.57. The summed E-state index contributed by atoms with van der Waals surface area (Å²) in [5.41, 5.74) is 3.29. The van der Waals surface area contributed by atoms with Crippen LogP contribution in [0.1, 0.15) is 34.1 Å². The van der Waals surface area contributed by atoms with Gasteiger partial charge in [-0.2, -0.15) is 5.10 Å². The van der Waals surface area contributed by atoms with Gasteiger partial charge in [-0.25, -0.2) is 4.39 Å². The second kappa shape index (κ2) is 4.53. The van der Waals surface area contributed by atoms with Crippen LogP contribution >= 0.6 is 0 Å². The van der Waals surface area contributed by atoms with Gasteiger partial charge in [0.05, 0.1) is 5.69 Å². The number of benzene rings is 1. The zero-order valence-corrected chi connectivity index (χ0v) is 11.0. The first-order valence-corrected chi connectivity index (χ1v) is 5.85. The van der Waals surface area contributed by atoms with Crippen LogP contribution in [0.3, 0.4) is 0 Å². The molecule has 0 bridgehead atoms. The normalized spacial score (nSPS) is 12.8. The third-order valence-electron chi connectivity index (χ3n) is 3.10. The molecule has 2 rings (SSSR count). The molecule has 4 heteroatoms. The van der Waals surface area contributed by atoms with Crippen molar-refractivity contribution in [1.29, 1.82) is 0 Å². The quantitative estimate of drug-likeness (QED) is 0.887. The largest absolute Gasteiger partial charge is 0.383 e. The van der Waals surface area contributed by atoms with E-state index in [1.807, 2.05) is 13.0 Å². The molecular weight excluding hydrogens is 231 g/mol. The molecule has 1 atom stereocenters. The molecule has 0 radical (unpaired) electrons. The molecule has 0 saturated carbocycles. The molecule has 2 aromatic rings. The van der Waals surface area contributed by atoms with Gasteiger partial charge in [0.25, 0.3) is 0 Å². The van der Waals surface area contributed by atoms with Crippen molar-refractivity contribution in [2.75, 3.05) is 0 Å². The summed E-state index contributed by atoms with van der Waals surface area (Å²) in [5.74, 6) is -0.372. The standard InChI is InChI=1S/C14H17FN2O/c1-8-5-9(2)13(12(15)6-8)14(18)11-7-17(4)16-10(11)3/h5-7,14,18H,1-4H3. The highest BCUT2D eigenvalue weighted by Crippen LogP contribution is 2.29. The maximum atomic E-state index is 14.0. The summed E-state index contributed by atoms with van der Waals surface area (Å²) in [4.78, 5) is 0. The molecule has 3 nitrogen and oxygen atoms in total. The van der Waals surface area contributed by atoms with Crippen molar-refractivity contribution in [2.45, 2.75) is 26.9 Å². The predicted molar refractivity (Wildman–Crippen MR) is 67.9 cm³/mol. The average molecular weight is 248 g/mol. The van der Waals surface area contributed by atoms with E-state index < -0.39 is 6.10 Å². The molecule has 0 fully saturated rings. The van der Waals surface area contributed by atoms with Crippen LogP contribution in [-0.4, -0.2) is 14.9 Å². The molecule has 1 unspecified atom stereocenters. The van der Waals surface area contributed by atoms with Crippen molar-refractivity contribution in [2.24, 2.45) is 7.05 Å². The van der Waals surface area contributed by atoms with Gasteiger partial charge in [-0.1, -0.05) is 6.07 Å². The highest BCUT2D eigenvalue weighted by atomic mass is 19.1. The third kappa shape index (κ3) is 2.16. The van der Waals surface area contributed by atoms with E-state index in [0.717, 1.165) is 11.1 Å². The average Bonchev–Trinajstić information content (AvgIpc) is 2.56. The number of rotatable bonds is 2. The van der Waals surface area contributed by atoms with Crippen molar-refractivity contribution < 1.29 is 9.50 Å². The Balaban J connectivity index is 2.52. The molecule has 0 saturated heterocycles. The third-order valence-corrected chi connectivity index (χ3v) is 3.10. The Morgan fingerprint density at radius 2 is 1.94 bits per heavy atom. The fourth-order valence-corrected chi connectivity index (χ4v) is 2.32. The van der Waals surface area contributed by atoms with Crippen LogP contribution < -0.4 is 0 Å². The van der Waals surface area contributed by atoms with E-state index in [2.05, 4.69) is 5.10 Å². The van der Waals surface area contributed by atoms with Crippen LogP contribution in [0.15, 0.2) is 18.3 Å². The highest BCUT2D eigenvalue weighted by molar-refractivity contribution is 5.39. The number of aromatic nitrogens is 2. The maximum absolute atomic E-state index is 14.0. The van der Waals surface area contributed by atoms with E-state index in [1.54, 1.807) is 31.8 Å². The summed E-state index contributed by atoms with van der Waals surface area (Å²) in [6.45, 7) is 5.45. The fourth-order valence-electron chi connectivity index (χ4n) is 2.32. The van der Waals surface area contributed by atoms with E-state index in [-0.39, 0.29) is 5.82 Å². The second-order valence-electron chi connectivity index (χ2n) is 4.72. The molecule has 18 heavy (non-hydrogen) atoms. The molecule has 0 aliphatic heterocycles. The van der Waals surface area contributed by atoms with Crippen molar-refractivity contribution in [3.63, 3.8) is 0 Å². The number of aliphatic hydroxyl groups excluding tert-OH is 1. The fraction of sp³-hybridized carbons (Fsp3) is 0.357. The van der Waals surface area contributed by atoms with Gasteiger partial charge < -0.3 is 5.11 Å². The summed E-state index contributed by atoms with van der Waals surface area (Å²) >= 11 is 0. The summed E-state index contributed by atoms with van der Waals surface area (Å²) in [5, 5.41) is 14.5. The van der Waals surface area contributed by atoms with Gasteiger partial charge in [-0.3, -0.25) is 4.68 Å². The Morgan fingerprint density at radius 1 is 1.28 bits per heavy atom. The number of hydrogen-bond donors (Lipinski definition) is 1. The van der Waals surface area contributed by atoms with E-state index in [0.29, 0.717) is 16.8 Å². The summed E-state index contributed by atoms with van der Waals surface area (Å²) in [6, 6.07) is 3.31. The number of aryl methyl sites for hydroxylation is 4. The van der Waals surface area contributed by atoms with Gasteiger partial charge in [-0.15, -0.1) is 0 Å². The molecule has 0 amide bonds. The molecule has 0 aliphatic rings. The lowest BCUT2D eigenvalue weighted by molar-refractivity contribution is 0.213. The van der Waals surface area contributed by atoms with Crippen molar-refractivity contribution in [3.8, 4) is 0 Å². The minimum atomic E-state index is -0.973. The van der Waals surface area contributed by atoms with E-state index in [4.69, 9.17) is 0 Å². The lowest BCUT2D eigenvalue weighted by Crippen LogP contribution is -2.06. The van der Waals surface area contributed by atoms with Crippen molar-refractivity contribution >= 4 is 0 Å². The Bertz CT molecular complexity index is 566. The van der Waals surface area contributed by atoms with Crippen LogP contribution in [0.25, 0.3) is 0 Å². The Morgan fingerprint density at radius 3 is 2.44 bits per heavy atom. The van der Waals surface area contributed by atoms with Gasteiger partial charge in [0.15, 0.2) is 0 Å². The number of nitrogens with zero attached hydrogens (tertiary/aromatic N) is 2. The van der Waals surface area contributed by atoms with Gasteiger partial charge in [0, 0.05) is 24.4 Å². The topological polar surface area (TPSA) is 38.0 Å². The first-order chi connectivity index (χ1) is 8.40. The summed E-state index contributed by atoms with van der Waals surface area (Å²) < 4.78 is 15.6. The number of hydrogen-bond acceptors (Lipinski definition) is 2. The first kappa shape index (κ1) is 12.8. The molecule has 1 N–H and O–H groups in total. The molecule has 0 aliphatic carbocycles. The number of aliphatic hydroxyl groups is 1. The van der Waals surface area contributed by atoms with E-state index in [9.17, 15) is 9.50 Å². The monoisotopic (exact) mass is 248 g/mol. The second-order valence-corrected chi connectivity index (χ2v) is 4.72. The Hall–Kier alpha value is -1.68. The molecule has 1 aromatic carbocycles. The SMILES string of the molecule is Cc1cc(C)c(C(O)c2cn(C)nc2C)c(F)c1. The Labute approximate surface area is 106 Å². The first-order valence-electron chi connectivity index (χ1n) is 5.85. The molecular formula is C14H17FN2O. The number of halogens is 1. The van der Waals surface area contributed by atoms with Gasteiger partial charge in [0.1, 0.15) is 11.9 Å². The Kier molecular flexibility index (Phi) is 3.22. The maximum Gasteiger partial charge on any atom is 0.129 e.